The largest absolute Gasteiger partial charge is 0.341 e. The number of sulfonamides is 1. The van der Waals surface area contributed by atoms with Crippen LogP contribution in [0.15, 0.2) is 83.9 Å². The van der Waals surface area contributed by atoms with Gasteiger partial charge in [-0.3, -0.25) is 4.72 Å². The Hall–Kier alpha value is -2.86. The van der Waals surface area contributed by atoms with E-state index in [1.165, 1.54) is 0 Å². The summed E-state index contributed by atoms with van der Waals surface area (Å²) in [6.07, 6.45) is 1.67. The summed E-state index contributed by atoms with van der Waals surface area (Å²) in [5, 5.41) is 0. The minimum atomic E-state index is -3.63. The minimum absolute atomic E-state index is 0.209. The lowest BCUT2D eigenvalue weighted by atomic mass is 10.2. The summed E-state index contributed by atoms with van der Waals surface area (Å²) in [5.41, 5.74) is 1.96. The van der Waals surface area contributed by atoms with E-state index < -0.39 is 10.0 Å². The predicted molar refractivity (Wildman–Crippen MR) is 101 cm³/mol. The summed E-state index contributed by atoms with van der Waals surface area (Å²) in [5.74, 6) is 0.289. The monoisotopic (exact) mass is 353 g/mol. The molecule has 128 valence electrons. The average Bonchev–Trinajstić information content (AvgIpc) is 2.65. The van der Waals surface area contributed by atoms with Gasteiger partial charge in [-0.2, -0.15) is 0 Å². The topological polar surface area (TPSA) is 62.3 Å². The van der Waals surface area contributed by atoms with Crippen LogP contribution in [-0.4, -0.2) is 19.9 Å². The van der Waals surface area contributed by atoms with Gasteiger partial charge in [0.15, 0.2) is 0 Å². The molecule has 2 aromatic carbocycles. The zero-order chi connectivity index (χ0) is 17.7. The quantitative estimate of drug-likeness (QED) is 0.726. The summed E-state index contributed by atoms with van der Waals surface area (Å²) in [7, 11) is -3.63. The lowest BCUT2D eigenvalue weighted by Crippen LogP contribution is -2.17. The average molecular weight is 353 g/mol. The van der Waals surface area contributed by atoms with E-state index in [2.05, 4.69) is 21.5 Å². The molecule has 1 heterocycles. The molecule has 0 aliphatic carbocycles. The van der Waals surface area contributed by atoms with Crippen molar-refractivity contribution in [3.05, 3.63) is 79.0 Å². The molecule has 0 saturated carbocycles. The third-order valence-electron chi connectivity index (χ3n) is 3.74. The van der Waals surface area contributed by atoms with Crippen molar-refractivity contribution in [1.29, 1.82) is 0 Å². The molecule has 0 fully saturated rings. The van der Waals surface area contributed by atoms with Crippen LogP contribution in [0.5, 0.6) is 0 Å². The van der Waals surface area contributed by atoms with Gasteiger partial charge in [-0.05, 0) is 43.3 Å². The van der Waals surface area contributed by atoms with Crippen LogP contribution < -0.4 is 9.62 Å². The first kappa shape index (κ1) is 17.0. The number of benzene rings is 2. The van der Waals surface area contributed by atoms with Crippen molar-refractivity contribution in [2.75, 3.05) is 16.2 Å². The Labute approximate surface area is 148 Å². The zero-order valence-corrected chi connectivity index (χ0v) is 14.6. The van der Waals surface area contributed by atoms with Gasteiger partial charge >= 0.3 is 0 Å². The van der Waals surface area contributed by atoms with E-state index >= 15 is 0 Å². The van der Waals surface area contributed by atoms with Crippen LogP contribution in [0.3, 0.4) is 0 Å². The maximum absolute atomic E-state index is 12.3. The number of hydrogen-bond acceptors (Lipinski definition) is 4. The van der Waals surface area contributed by atoms with Crippen molar-refractivity contribution < 1.29 is 8.42 Å². The first-order chi connectivity index (χ1) is 12.1. The number of rotatable bonds is 6. The fourth-order valence-electron chi connectivity index (χ4n) is 2.52. The van der Waals surface area contributed by atoms with E-state index in [1.807, 2.05) is 36.4 Å². The number of hydrogen-bond donors (Lipinski definition) is 1. The molecule has 0 spiro atoms. The van der Waals surface area contributed by atoms with Crippen molar-refractivity contribution in [2.24, 2.45) is 0 Å². The second kappa shape index (κ2) is 7.36. The molecule has 5 nitrogen and oxygen atoms in total. The van der Waals surface area contributed by atoms with Crippen LogP contribution in [0.4, 0.5) is 17.2 Å². The predicted octanol–water partition coefficient (Wildman–Crippen LogP) is 4.04. The van der Waals surface area contributed by atoms with Gasteiger partial charge in [0.25, 0.3) is 10.0 Å². The van der Waals surface area contributed by atoms with Crippen molar-refractivity contribution in [2.45, 2.75) is 11.8 Å². The van der Waals surface area contributed by atoms with Gasteiger partial charge in [0.2, 0.25) is 0 Å². The van der Waals surface area contributed by atoms with Gasteiger partial charge in [0.05, 0.1) is 16.8 Å². The van der Waals surface area contributed by atoms with Crippen molar-refractivity contribution in [3.63, 3.8) is 0 Å². The highest BCUT2D eigenvalue weighted by Gasteiger charge is 2.14. The Kier molecular flexibility index (Phi) is 5.00. The Morgan fingerprint density at radius 2 is 1.52 bits per heavy atom. The third kappa shape index (κ3) is 3.97. The molecular formula is C19H19N3O2S. The molecule has 1 aromatic heterocycles. The summed E-state index contributed by atoms with van der Waals surface area (Å²) in [6.45, 7) is 2.83. The number of anilines is 3. The maximum atomic E-state index is 12.3. The number of pyridine rings is 1. The summed E-state index contributed by atoms with van der Waals surface area (Å²) in [4.78, 5) is 6.56. The fourth-order valence-corrected chi connectivity index (χ4v) is 3.55. The molecule has 3 aromatic rings. The van der Waals surface area contributed by atoms with Gasteiger partial charge in [-0.25, -0.2) is 13.4 Å². The standard InChI is InChI=1S/C19H19N3O2S/c1-2-22(16-9-5-3-6-10-16)17-13-14-19(20-15-17)21-25(23,24)18-11-7-4-8-12-18/h3-15H,2H2,1H3,(H,20,21). The Bertz CT molecular complexity index is 912. The van der Waals surface area contributed by atoms with Gasteiger partial charge in [0.1, 0.15) is 5.82 Å². The highest BCUT2D eigenvalue weighted by Crippen LogP contribution is 2.25. The lowest BCUT2D eigenvalue weighted by Gasteiger charge is -2.23. The molecule has 0 aliphatic rings. The van der Waals surface area contributed by atoms with Crippen LogP contribution in [0.25, 0.3) is 0 Å². The highest BCUT2D eigenvalue weighted by molar-refractivity contribution is 7.92. The molecule has 25 heavy (non-hydrogen) atoms. The molecule has 3 rings (SSSR count). The van der Waals surface area contributed by atoms with Crippen LogP contribution in [0, 0.1) is 0 Å². The molecular weight excluding hydrogens is 334 g/mol. The van der Waals surface area contributed by atoms with Gasteiger partial charge < -0.3 is 4.90 Å². The summed E-state index contributed by atoms with van der Waals surface area (Å²) >= 11 is 0. The number of para-hydroxylation sites is 1. The summed E-state index contributed by atoms with van der Waals surface area (Å²) in [6, 6.07) is 21.7. The van der Waals surface area contributed by atoms with Gasteiger partial charge in [0, 0.05) is 12.2 Å². The van der Waals surface area contributed by atoms with Crippen LogP contribution in [0.1, 0.15) is 6.92 Å². The van der Waals surface area contributed by atoms with Gasteiger partial charge in [-0.15, -0.1) is 0 Å². The molecule has 0 radical (unpaired) electrons. The van der Waals surface area contributed by atoms with Crippen LogP contribution in [0.2, 0.25) is 0 Å². The number of aromatic nitrogens is 1. The van der Waals surface area contributed by atoms with E-state index in [-0.39, 0.29) is 10.7 Å². The molecule has 6 heteroatoms. The SMILES string of the molecule is CCN(c1ccccc1)c1ccc(NS(=O)(=O)c2ccccc2)nc1. The third-order valence-corrected chi connectivity index (χ3v) is 5.11. The first-order valence-electron chi connectivity index (χ1n) is 7.96. The molecule has 1 N–H and O–H groups in total. The second-order valence-electron chi connectivity index (χ2n) is 5.40. The Morgan fingerprint density at radius 1 is 0.880 bits per heavy atom. The minimum Gasteiger partial charge on any atom is -0.341 e. The van der Waals surface area contributed by atoms with Crippen LogP contribution in [-0.2, 0) is 10.0 Å². The normalized spacial score (nSPS) is 11.1. The van der Waals surface area contributed by atoms with E-state index in [0.29, 0.717) is 0 Å². The van der Waals surface area contributed by atoms with E-state index in [4.69, 9.17) is 0 Å². The fraction of sp³-hybridized carbons (Fsp3) is 0.105. The van der Waals surface area contributed by atoms with Crippen molar-refractivity contribution in [1.82, 2.24) is 4.98 Å². The smallest absolute Gasteiger partial charge is 0.263 e. The van der Waals surface area contributed by atoms with Crippen molar-refractivity contribution >= 4 is 27.2 Å². The molecule has 0 bridgehead atoms. The number of nitrogens with zero attached hydrogens (tertiary/aromatic N) is 2. The van der Waals surface area contributed by atoms with E-state index in [0.717, 1.165) is 17.9 Å². The molecule has 0 aliphatic heterocycles. The van der Waals surface area contributed by atoms with E-state index in [9.17, 15) is 8.42 Å². The van der Waals surface area contributed by atoms with E-state index in [1.54, 1.807) is 42.6 Å². The van der Waals surface area contributed by atoms with Crippen LogP contribution >= 0.6 is 0 Å². The highest BCUT2D eigenvalue weighted by atomic mass is 32.2. The Morgan fingerprint density at radius 3 is 2.08 bits per heavy atom. The molecule has 0 atom stereocenters. The molecule has 0 unspecified atom stereocenters. The lowest BCUT2D eigenvalue weighted by molar-refractivity contribution is 0.601. The Balaban J connectivity index is 1.81. The number of nitrogens with one attached hydrogen (secondary N) is 1. The summed E-state index contributed by atoms with van der Waals surface area (Å²) < 4.78 is 27.2. The maximum Gasteiger partial charge on any atom is 0.263 e. The zero-order valence-electron chi connectivity index (χ0n) is 13.8. The second-order valence-corrected chi connectivity index (χ2v) is 7.08. The molecule has 0 saturated heterocycles. The van der Waals surface area contributed by atoms with Gasteiger partial charge in [-0.1, -0.05) is 36.4 Å². The van der Waals surface area contributed by atoms with Crippen molar-refractivity contribution in [3.8, 4) is 0 Å². The molecule has 0 amide bonds. The first-order valence-corrected chi connectivity index (χ1v) is 9.45.